The molecule has 3 aromatic heterocycles. The number of aromatic amines is 1. The lowest BCUT2D eigenvalue weighted by Crippen LogP contribution is -2.35. The van der Waals surface area contributed by atoms with Gasteiger partial charge in [0.1, 0.15) is 5.82 Å². The summed E-state index contributed by atoms with van der Waals surface area (Å²) in [5.74, 6) is 2.63. The maximum absolute atomic E-state index is 4.81. The van der Waals surface area contributed by atoms with E-state index in [-0.39, 0.29) is 0 Å². The standard InChI is InChI=1S/C18H21N5S/c1-13-11-17(21-18(20-13)16-3-2-10-24-16)23-8-5-14(6-9-23)12-15-4-7-19-22-15/h2-4,7,10-11,14H,5-6,8-9,12H2,1H3,(H,19,22). The van der Waals surface area contributed by atoms with Crippen LogP contribution in [-0.2, 0) is 6.42 Å². The van der Waals surface area contributed by atoms with E-state index in [2.05, 4.69) is 43.7 Å². The van der Waals surface area contributed by atoms with E-state index < -0.39 is 0 Å². The summed E-state index contributed by atoms with van der Waals surface area (Å²) in [6.07, 6.45) is 5.31. The minimum absolute atomic E-state index is 0.724. The molecule has 1 fully saturated rings. The molecule has 0 amide bonds. The zero-order valence-electron chi connectivity index (χ0n) is 13.8. The number of rotatable bonds is 4. The Morgan fingerprint density at radius 2 is 2.12 bits per heavy atom. The fraction of sp³-hybridized carbons (Fsp3) is 0.389. The van der Waals surface area contributed by atoms with Crippen molar-refractivity contribution in [2.75, 3.05) is 18.0 Å². The summed E-state index contributed by atoms with van der Waals surface area (Å²) in [5.41, 5.74) is 2.27. The highest BCUT2D eigenvalue weighted by atomic mass is 32.1. The molecule has 1 aliphatic rings. The van der Waals surface area contributed by atoms with E-state index in [1.54, 1.807) is 11.3 Å². The first-order valence-corrected chi connectivity index (χ1v) is 9.28. The van der Waals surface area contributed by atoms with Crippen LogP contribution in [0.4, 0.5) is 5.82 Å². The third-order valence-corrected chi connectivity index (χ3v) is 5.45. The zero-order valence-corrected chi connectivity index (χ0v) is 14.6. The molecule has 0 aromatic carbocycles. The third kappa shape index (κ3) is 3.33. The minimum Gasteiger partial charge on any atom is -0.356 e. The van der Waals surface area contributed by atoms with Crippen LogP contribution in [0.2, 0.25) is 0 Å². The van der Waals surface area contributed by atoms with Gasteiger partial charge < -0.3 is 4.90 Å². The van der Waals surface area contributed by atoms with Crippen LogP contribution in [0.5, 0.6) is 0 Å². The van der Waals surface area contributed by atoms with Gasteiger partial charge >= 0.3 is 0 Å². The molecule has 0 atom stereocenters. The largest absolute Gasteiger partial charge is 0.356 e. The quantitative estimate of drug-likeness (QED) is 0.787. The lowest BCUT2D eigenvalue weighted by Gasteiger charge is -2.32. The molecule has 24 heavy (non-hydrogen) atoms. The molecule has 0 saturated carbocycles. The molecule has 0 unspecified atom stereocenters. The Kier molecular flexibility index (Phi) is 4.30. The maximum Gasteiger partial charge on any atom is 0.171 e. The molecule has 0 radical (unpaired) electrons. The lowest BCUT2D eigenvalue weighted by molar-refractivity contribution is 0.399. The van der Waals surface area contributed by atoms with Crippen molar-refractivity contribution in [1.29, 1.82) is 0 Å². The molecule has 4 rings (SSSR count). The van der Waals surface area contributed by atoms with E-state index in [1.165, 1.54) is 18.5 Å². The molecule has 4 heterocycles. The molecule has 0 spiro atoms. The van der Waals surface area contributed by atoms with E-state index in [1.807, 2.05) is 19.2 Å². The van der Waals surface area contributed by atoms with Crippen LogP contribution in [0, 0.1) is 12.8 Å². The second-order valence-corrected chi connectivity index (χ2v) is 7.33. The minimum atomic E-state index is 0.724. The molecular weight excluding hydrogens is 318 g/mol. The van der Waals surface area contributed by atoms with Crippen LogP contribution in [0.3, 0.4) is 0 Å². The summed E-state index contributed by atoms with van der Waals surface area (Å²) in [5, 5.41) is 9.19. The molecule has 0 bridgehead atoms. The Morgan fingerprint density at radius 3 is 2.83 bits per heavy atom. The first kappa shape index (κ1) is 15.3. The van der Waals surface area contributed by atoms with Crippen LogP contribution in [0.25, 0.3) is 10.7 Å². The molecule has 1 aliphatic heterocycles. The number of aryl methyl sites for hydroxylation is 1. The Bertz CT molecular complexity index is 774. The predicted molar refractivity (Wildman–Crippen MR) is 97.3 cm³/mol. The molecule has 1 saturated heterocycles. The van der Waals surface area contributed by atoms with Gasteiger partial charge in [0.05, 0.1) is 4.88 Å². The van der Waals surface area contributed by atoms with Gasteiger partial charge in [-0.15, -0.1) is 11.3 Å². The molecule has 0 aliphatic carbocycles. The highest BCUT2D eigenvalue weighted by molar-refractivity contribution is 7.13. The number of thiophene rings is 1. The van der Waals surface area contributed by atoms with Gasteiger partial charge in [-0.2, -0.15) is 5.10 Å². The van der Waals surface area contributed by atoms with Crippen LogP contribution >= 0.6 is 11.3 Å². The first-order chi connectivity index (χ1) is 11.8. The zero-order chi connectivity index (χ0) is 16.4. The van der Waals surface area contributed by atoms with E-state index >= 15 is 0 Å². The molecule has 124 valence electrons. The summed E-state index contributed by atoms with van der Waals surface area (Å²) in [6, 6.07) is 8.31. The van der Waals surface area contributed by atoms with Crippen molar-refractivity contribution < 1.29 is 0 Å². The van der Waals surface area contributed by atoms with Gasteiger partial charge in [0.25, 0.3) is 0 Å². The Labute approximate surface area is 145 Å². The maximum atomic E-state index is 4.81. The predicted octanol–water partition coefficient (Wildman–Crippen LogP) is 3.70. The Morgan fingerprint density at radius 1 is 1.25 bits per heavy atom. The monoisotopic (exact) mass is 339 g/mol. The molecule has 1 N–H and O–H groups in total. The van der Waals surface area contributed by atoms with Gasteiger partial charge in [0.15, 0.2) is 5.82 Å². The van der Waals surface area contributed by atoms with E-state index in [0.717, 1.165) is 47.6 Å². The molecule has 3 aromatic rings. The van der Waals surface area contributed by atoms with Crippen LogP contribution < -0.4 is 4.90 Å². The Hall–Kier alpha value is -2.21. The topological polar surface area (TPSA) is 57.7 Å². The average Bonchev–Trinajstić information content (AvgIpc) is 3.29. The average molecular weight is 339 g/mol. The normalized spacial score (nSPS) is 15.8. The highest BCUT2D eigenvalue weighted by Gasteiger charge is 2.21. The number of hydrogen-bond donors (Lipinski definition) is 1. The Balaban J connectivity index is 1.45. The number of nitrogens with zero attached hydrogens (tertiary/aromatic N) is 4. The summed E-state index contributed by atoms with van der Waals surface area (Å²) in [4.78, 5) is 12.9. The van der Waals surface area contributed by atoms with Crippen LogP contribution in [0.1, 0.15) is 24.2 Å². The van der Waals surface area contributed by atoms with Crippen LogP contribution in [-0.4, -0.2) is 33.3 Å². The van der Waals surface area contributed by atoms with Crippen molar-refractivity contribution in [3.05, 3.63) is 47.2 Å². The van der Waals surface area contributed by atoms with Crippen molar-refractivity contribution in [2.24, 2.45) is 5.92 Å². The van der Waals surface area contributed by atoms with Gasteiger partial charge in [-0.1, -0.05) is 6.07 Å². The molecular formula is C18H21N5S. The second-order valence-electron chi connectivity index (χ2n) is 6.38. The van der Waals surface area contributed by atoms with Crippen LogP contribution in [0.15, 0.2) is 35.8 Å². The summed E-state index contributed by atoms with van der Waals surface area (Å²) >= 11 is 1.69. The highest BCUT2D eigenvalue weighted by Crippen LogP contribution is 2.27. The molecule has 5 nitrogen and oxygen atoms in total. The van der Waals surface area contributed by atoms with E-state index in [4.69, 9.17) is 4.98 Å². The smallest absolute Gasteiger partial charge is 0.171 e. The fourth-order valence-electron chi connectivity index (χ4n) is 3.31. The van der Waals surface area contributed by atoms with Crippen molar-refractivity contribution in [1.82, 2.24) is 20.2 Å². The summed E-state index contributed by atoms with van der Waals surface area (Å²) in [7, 11) is 0. The fourth-order valence-corrected chi connectivity index (χ4v) is 3.96. The number of hydrogen-bond acceptors (Lipinski definition) is 5. The van der Waals surface area contributed by atoms with Crippen molar-refractivity contribution >= 4 is 17.2 Å². The third-order valence-electron chi connectivity index (χ3n) is 4.59. The summed E-state index contributed by atoms with van der Waals surface area (Å²) in [6.45, 7) is 4.16. The van der Waals surface area contributed by atoms with Crippen molar-refractivity contribution in [2.45, 2.75) is 26.2 Å². The first-order valence-electron chi connectivity index (χ1n) is 8.41. The van der Waals surface area contributed by atoms with E-state index in [9.17, 15) is 0 Å². The number of piperidine rings is 1. The van der Waals surface area contributed by atoms with Gasteiger partial charge in [-0.25, -0.2) is 9.97 Å². The summed E-state index contributed by atoms with van der Waals surface area (Å²) < 4.78 is 0. The molecule has 6 heteroatoms. The van der Waals surface area contributed by atoms with Gasteiger partial charge in [0.2, 0.25) is 0 Å². The lowest BCUT2D eigenvalue weighted by atomic mass is 9.92. The van der Waals surface area contributed by atoms with Gasteiger partial charge in [-0.05, 0) is 49.6 Å². The number of anilines is 1. The van der Waals surface area contributed by atoms with E-state index in [0.29, 0.717) is 0 Å². The van der Waals surface area contributed by atoms with Crippen molar-refractivity contribution in [3.63, 3.8) is 0 Å². The van der Waals surface area contributed by atoms with Gasteiger partial charge in [-0.3, -0.25) is 5.10 Å². The number of aromatic nitrogens is 4. The number of nitrogens with one attached hydrogen (secondary N) is 1. The van der Waals surface area contributed by atoms with Gasteiger partial charge in [0, 0.05) is 36.7 Å². The van der Waals surface area contributed by atoms with Crippen molar-refractivity contribution in [3.8, 4) is 10.7 Å². The number of H-pyrrole nitrogens is 1. The SMILES string of the molecule is Cc1cc(N2CCC(Cc3ccn[nH]3)CC2)nc(-c2cccs2)n1. The second kappa shape index (κ2) is 6.73.